The molecule has 4 heteroatoms. The molecular formula is C21H28N4. The highest BCUT2D eigenvalue weighted by Crippen LogP contribution is 2.57. The van der Waals surface area contributed by atoms with E-state index in [1.807, 2.05) is 6.20 Å². The number of anilines is 3. The number of hydrogen-bond acceptors (Lipinski definition) is 4. The zero-order valence-electron chi connectivity index (χ0n) is 15.9. The molecule has 1 aromatic heterocycles. The van der Waals surface area contributed by atoms with Crippen LogP contribution in [-0.2, 0) is 0 Å². The van der Waals surface area contributed by atoms with Crippen LogP contribution in [0.3, 0.4) is 0 Å². The van der Waals surface area contributed by atoms with E-state index in [1.54, 1.807) is 6.20 Å². The predicted octanol–water partition coefficient (Wildman–Crippen LogP) is 4.95. The van der Waals surface area contributed by atoms with Gasteiger partial charge in [0, 0.05) is 30.5 Å². The fraction of sp³-hybridized carbons (Fsp3) is 0.524. The lowest BCUT2D eigenvalue weighted by molar-refractivity contribution is 0.129. The first-order valence-corrected chi connectivity index (χ1v) is 9.46. The Bertz CT molecular complexity index is 789. The summed E-state index contributed by atoms with van der Waals surface area (Å²) in [6.45, 7) is 9.54. The number of benzene rings is 1. The quantitative estimate of drug-likeness (QED) is 0.776. The molecule has 0 amide bonds. The molecule has 2 aliphatic heterocycles. The lowest BCUT2D eigenvalue weighted by Crippen LogP contribution is -2.53. The van der Waals surface area contributed by atoms with Gasteiger partial charge in [0.2, 0.25) is 0 Å². The van der Waals surface area contributed by atoms with Gasteiger partial charge >= 0.3 is 0 Å². The van der Waals surface area contributed by atoms with Crippen LogP contribution in [0.2, 0.25) is 0 Å². The second-order valence-electron chi connectivity index (χ2n) is 7.78. The van der Waals surface area contributed by atoms with Crippen LogP contribution >= 0.6 is 0 Å². The highest BCUT2D eigenvalue weighted by molar-refractivity contribution is 5.80. The molecule has 4 unspecified atom stereocenters. The molecule has 4 nitrogen and oxygen atoms in total. The molecule has 0 aliphatic carbocycles. The summed E-state index contributed by atoms with van der Waals surface area (Å²) in [6.07, 6.45) is 6.13. The fourth-order valence-electron chi connectivity index (χ4n) is 5.19. The van der Waals surface area contributed by atoms with Gasteiger partial charge in [-0.05, 0) is 36.3 Å². The molecule has 0 saturated heterocycles. The molecule has 0 spiro atoms. The standard InChI is InChI=1S/C21H28N4/c1-6-15-14(3)21(4,7-2)20-24(5)18-19(23-13-12-22-18)25(20)17-11-9-8-10-16(15)17/h8-15,20H,6-7H2,1-5H3. The van der Waals surface area contributed by atoms with Gasteiger partial charge in [-0.2, -0.15) is 0 Å². The minimum atomic E-state index is 0.136. The maximum atomic E-state index is 4.73. The lowest BCUT2D eigenvalue weighted by Gasteiger charge is -2.46. The van der Waals surface area contributed by atoms with E-state index in [1.165, 1.54) is 11.3 Å². The van der Waals surface area contributed by atoms with Gasteiger partial charge in [0.25, 0.3) is 0 Å². The summed E-state index contributed by atoms with van der Waals surface area (Å²) < 4.78 is 0. The highest BCUT2D eigenvalue weighted by atomic mass is 15.5. The van der Waals surface area contributed by atoms with Crippen LogP contribution in [0.25, 0.3) is 0 Å². The number of aromatic nitrogens is 2. The van der Waals surface area contributed by atoms with Crippen molar-refractivity contribution in [2.24, 2.45) is 11.3 Å². The third kappa shape index (κ3) is 2.06. The Hall–Kier alpha value is -2.10. The number of hydrogen-bond donors (Lipinski definition) is 0. The van der Waals surface area contributed by atoms with Gasteiger partial charge in [-0.15, -0.1) is 0 Å². The second kappa shape index (κ2) is 5.72. The number of fused-ring (bicyclic) bond motifs is 5. The van der Waals surface area contributed by atoms with E-state index in [4.69, 9.17) is 4.98 Å². The summed E-state index contributed by atoms with van der Waals surface area (Å²) in [5.41, 5.74) is 2.89. The third-order valence-corrected chi connectivity index (χ3v) is 6.87. The minimum absolute atomic E-state index is 0.136. The fourth-order valence-corrected chi connectivity index (χ4v) is 5.19. The first-order valence-electron chi connectivity index (χ1n) is 9.46. The minimum Gasteiger partial charge on any atom is -0.335 e. The Labute approximate surface area is 150 Å². The Morgan fingerprint density at radius 3 is 2.44 bits per heavy atom. The smallest absolute Gasteiger partial charge is 0.178 e. The summed E-state index contributed by atoms with van der Waals surface area (Å²) in [5, 5.41) is 0. The normalized spacial score (nSPS) is 30.5. The molecule has 4 atom stereocenters. The topological polar surface area (TPSA) is 32.3 Å². The summed E-state index contributed by atoms with van der Waals surface area (Å²) in [4.78, 5) is 14.2. The van der Waals surface area contributed by atoms with Gasteiger partial charge in [0.1, 0.15) is 6.17 Å². The zero-order chi connectivity index (χ0) is 17.8. The number of nitrogens with zero attached hydrogens (tertiary/aromatic N) is 4. The van der Waals surface area contributed by atoms with Crippen LogP contribution in [0, 0.1) is 11.3 Å². The van der Waals surface area contributed by atoms with Crippen LogP contribution in [0.4, 0.5) is 17.3 Å². The van der Waals surface area contributed by atoms with Gasteiger partial charge in [-0.25, -0.2) is 9.97 Å². The van der Waals surface area contributed by atoms with Crippen molar-refractivity contribution >= 4 is 17.3 Å². The van der Waals surface area contributed by atoms with Crippen LogP contribution in [0.1, 0.15) is 52.0 Å². The monoisotopic (exact) mass is 336 g/mol. The SMILES string of the molecule is CCC1c2ccccc2N2c3nccnc3N(C)C2C(C)(CC)C1C. The summed E-state index contributed by atoms with van der Waals surface area (Å²) in [6, 6.07) is 8.90. The van der Waals surface area contributed by atoms with Crippen molar-refractivity contribution in [3.05, 3.63) is 42.2 Å². The highest BCUT2D eigenvalue weighted by Gasteiger charge is 2.53. The maximum Gasteiger partial charge on any atom is 0.178 e. The molecule has 0 radical (unpaired) electrons. The maximum absolute atomic E-state index is 4.73. The molecule has 3 heterocycles. The molecule has 0 fully saturated rings. The molecule has 0 bridgehead atoms. The lowest BCUT2D eigenvalue weighted by atomic mass is 9.66. The molecule has 2 aromatic rings. The van der Waals surface area contributed by atoms with Crippen LogP contribution in [0.5, 0.6) is 0 Å². The zero-order valence-corrected chi connectivity index (χ0v) is 15.9. The molecule has 132 valence electrons. The Balaban J connectivity index is 2.03. The van der Waals surface area contributed by atoms with Crippen LogP contribution in [-0.4, -0.2) is 23.2 Å². The van der Waals surface area contributed by atoms with Crippen molar-refractivity contribution in [2.45, 2.75) is 52.6 Å². The first kappa shape index (κ1) is 16.4. The van der Waals surface area contributed by atoms with Crippen molar-refractivity contribution < 1.29 is 0 Å². The Kier molecular flexibility index (Phi) is 3.75. The Morgan fingerprint density at radius 2 is 1.76 bits per heavy atom. The molecule has 2 aliphatic rings. The summed E-state index contributed by atoms with van der Waals surface area (Å²) >= 11 is 0. The van der Waals surface area contributed by atoms with Crippen molar-refractivity contribution in [3.8, 4) is 0 Å². The van der Waals surface area contributed by atoms with E-state index in [2.05, 4.69) is 73.8 Å². The van der Waals surface area contributed by atoms with Crippen molar-refractivity contribution in [3.63, 3.8) is 0 Å². The largest absolute Gasteiger partial charge is 0.335 e. The van der Waals surface area contributed by atoms with Crippen molar-refractivity contribution in [1.29, 1.82) is 0 Å². The average Bonchev–Trinajstić information content (AvgIpc) is 2.91. The number of para-hydroxylation sites is 1. The number of rotatable bonds is 2. The van der Waals surface area contributed by atoms with E-state index in [9.17, 15) is 0 Å². The molecule has 25 heavy (non-hydrogen) atoms. The van der Waals surface area contributed by atoms with Gasteiger partial charge in [-0.3, -0.25) is 0 Å². The molecular weight excluding hydrogens is 308 g/mol. The molecule has 1 aromatic carbocycles. The molecule has 0 N–H and O–H groups in total. The van der Waals surface area contributed by atoms with Gasteiger partial charge in [0.15, 0.2) is 11.6 Å². The van der Waals surface area contributed by atoms with E-state index in [-0.39, 0.29) is 11.6 Å². The van der Waals surface area contributed by atoms with Gasteiger partial charge < -0.3 is 9.80 Å². The van der Waals surface area contributed by atoms with E-state index in [0.29, 0.717) is 11.8 Å². The van der Waals surface area contributed by atoms with Crippen molar-refractivity contribution in [2.75, 3.05) is 16.8 Å². The van der Waals surface area contributed by atoms with E-state index < -0.39 is 0 Å². The van der Waals surface area contributed by atoms with Crippen LogP contribution < -0.4 is 9.80 Å². The van der Waals surface area contributed by atoms with Crippen molar-refractivity contribution in [1.82, 2.24) is 9.97 Å². The molecule has 0 saturated carbocycles. The van der Waals surface area contributed by atoms with Gasteiger partial charge in [-0.1, -0.05) is 45.9 Å². The van der Waals surface area contributed by atoms with Crippen LogP contribution in [0.15, 0.2) is 36.7 Å². The Morgan fingerprint density at radius 1 is 1.08 bits per heavy atom. The van der Waals surface area contributed by atoms with Gasteiger partial charge in [0.05, 0.1) is 0 Å². The predicted molar refractivity (Wildman–Crippen MR) is 103 cm³/mol. The average molecular weight is 336 g/mol. The third-order valence-electron chi connectivity index (χ3n) is 6.87. The van der Waals surface area contributed by atoms with E-state index in [0.717, 1.165) is 24.5 Å². The second-order valence-corrected chi connectivity index (χ2v) is 7.78. The van der Waals surface area contributed by atoms with E-state index >= 15 is 0 Å². The first-order chi connectivity index (χ1) is 12.0. The molecule has 4 rings (SSSR count). The summed E-state index contributed by atoms with van der Waals surface area (Å²) in [7, 11) is 2.17. The summed E-state index contributed by atoms with van der Waals surface area (Å²) in [5.74, 6) is 3.10.